The first kappa shape index (κ1) is 16.7. The number of carbonyl (C=O) groups is 1. The standard InChI is InChI=1S/C20H21NO2S/c1-14(19-12-17-6-4-5-7-18(17)23-19)21(2)20(22)16-10-8-15(9-11-16)13-24-3/h4-12,14H,13H2,1-3H3. The van der Waals surface area contributed by atoms with Crippen LogP contribution in [0.3, 0.4) is 0 Å². The summed E-state index contributed by atoms with van der Waals surface area (Å²) in [4.78, 5) is 14.4. The summed E-state index contributed by atoms with van der Waals surface area (Å²) in [5, 5.41) is 1.06. The van der Waals surface area contributed by atoms with Crippen molar-refractivity contribution in [2.24, 2.45) is 0 Å². The van der Waals surface area contributed by atoms with Crippen molar-refractivity contribution >= 4 is 28.6 Å². The number of fused-ring (bicyclic) bond motifs is 1. The molecule has 0 fully saturated rings. The van der Waals surface area contributed by atoms with Crippen molar-refractivity contribution in [3.05, 3.63) is 71.5 Å². The van der Waals surface area contributed by atoms with Crippen LogP contribution in [-0.2, 0) is 5.75 Å². The normalized spacial score (nSPS) is 12.3. The Kier molecular flexibility index (Phi) is 4.95. The van der Waals surface area contributed by atoms with E-state index in [0.717, 1.165) is 22.5 Å². The first-order valence-electron chi connectivity index (χ1n) is 7.93. The van der Waals surface area contributed by atoms with Gasteiger partial charge in [0.15, 0.2) is 0 Å². The van der Waals surface area contributed by atoms with E-state index in [4.69, 9.17) is 4.42 Å². The van der Waals surface area contributed by atoms with Crippen LogP contribution in [0.2, 0.25) is 0 Å². The van der Waals surface area contributed by atoms with E-state index < -0.39 is 0 Å². The van der Waals surface area contributed by atoms with Gasteiger partial charge in [0.2, 0.25) is 0 Å². The molecule has 1 aromatic heterocycles. The lowest BCUT2D eigenvalue weighted by molar-refractivity contribution is 0.0727. The van der Waals surface area contributed by atoms with Gasteiger partial charge < -0.3 is 9.32 Å². The van der Waals surface area contributed by atoms with Crippen molar-refractivity contribution in [1.29, 1.82) is 0 Å². The van der Waals surface area contributed by atoms with Gasteiger partial charge in [-0.3, -0.25) is 4.79 Å². The van der Waals surface area contributed by atoms with Gasteiger partial charge in [-0.25, -0.2) is 0 Å². The maximum Gasteiger partial charge on any atom is 0.254 e. The van der Waals surface area contributed by atoms with E-state index in [1.165, 1.54) is 5.56 Å². The summed E-state index contributed by atoms with van der Waals surface area (Å²) in [6.07, 6.45) is 2.07. The third-order valence-corrected chi connectivity index (χ3v) is 4.89. The molecule has 0 N–H and O–H groups in total. The molecule has 1 unspecified atom stereocenters. The van der Waals surface area contributed by atoms with Crippen LogP contribution >= 0.6 is 11.8 Å². The molecular weight excluding hydrogens is 318 g/mol. The van der Waals surface area contributed by atoms with Gasteiger partial charge in [-0.15, -0.1) is 0 Å². The molecule has 24 heavy (non-hydrogen) atoms. The van der Waals surface area contributed by atoms with E-state index in [0.29, 0.717) is 5.56 Å². The van der Waals surface area contributed by atoms with Crippen LogP contribution in [0.5, 0.6) is 0 Å². The Labute approximate surface area is 146 Å². The van der Waals surface area contributed by atoms with Crippen LogP contribution in [-0.4, -0.2) is 24.1 Å². The Morgan fingerprint density at radius 3 is 2.54 bits per heavy atom. The van der Waals surface area contributed by atoms with Crippen molar-refractivity contribution in [2.45, 2.75) is 18.7 Å². The number of rotatable bonds is 5. The van der Waals surface area contributed by atoms with Gasteiger partial charge in [-0.1, -0.05) is 30.3 Å². The van der Waals surface area contributed by atoms with E-state index in [1.54, 1.807) is 16.7 Å². The Morgan fingerprint density at radius 1 is 1.17 bits per heavy atom. The zero-order valence-corrected chi connectivity index (χ0v) is 15.0. The molecule has 1 atom stereocenters. The molecule has 0 saturated carbocycles. The molecule has 0 aliphatic carbocycles. The van der Waals surface area contributed by atoms with Crippen molar-refractivity contribution in [3.8, 4) is 0 Å². The zero-order chi connectivity index (χ0) is 17.1. The van der Waals surface area contributed by atoms with Crippen molar-refractivity contribution in [3.63, 3.8) is 0 Å². The number of hydrogen-bond donors (Lipinski definition) is 0. The molecule has 0 saturated heterocycles. The molecule has 3 aromatic rings. The van der Waals surface area contributed by atoms with Gasteiger partial charge in [0.25, 0.3) is 5.91 Å². The van der Waals surface area contributed by atoms with Gasteiger partial charge in [0.1, 0.15) is 11.3 Å². The second kappa shape index (κ2) is 7.14. The predicted octanol–water partition coefficient (Wildman–Crippen LogP) is 5.13. The second-order valence-corrected chi connectivity index (χ2v) is 6.77. The number of amides is 1. The lowest BCUT2D eigenvalue weighted by atomic mass is 10.1. The molecule has 124 valence electrons. The van der Waals surface area contributed by atoms with Crippen LogP contribution in [0.1, 0.15) is 34.6 Å². The Balaban J connectivity index is 1.78. The van der Waals surface area contributed by atoms with Crippen LogP contribution in [0, 0.1) is 0 Å². The highest BCUT2D eigenvalue weighted by Gasteiger charge is 2.21. The number of thioether (sulfide) groups is 1. The zero-order valence-electron chi connectivity index (χ0n) is 14.2. The number of benzene rings is 2. The van der Waals surface area contributed by atoms with Crippen LogP contribution in [0.25, 0.3) is 11.0 Å². The highest BCUT2D eigenvalue weighted by atomic mass is 32.2. The van der Waals surface area contributed by atoms with Gasteiger partial charge >= 0.3 is 0 Å². The Hall–Kier alpha value is -2.20. The monoisotopic (exact) mass is 339 g/mol. The lowest BCUT2D eigenvalue weighted by Crippen LogP contribution is -2.29. The van der Waals surface area contributed by atoms with Gasteiger partial charge in [-0.2, -0.15) is 11.8 Å². The number of furan rings is 1. The van der Waals surface area contributed by atoms with Gasteiger partial charge in [0.05, 0.1) is 6.04 Å². The highest BCUT2D eigenvalue weighted by molar-refractivity contribution is 7.97. The van der Waals surface area contributed by atoms with E-state index in [-0.39, 0.29) is 11.9 Å². The fourth-order valence-electron chi connectivity index (χ4n) is 2.69. The quantitative estimate of drug-likeness (QED) is 0.646. The van der Waals surface area contributed by atoms with Crippen molar-refractivity contribution in [2.75, 3.05) is 13.3 Å². The summed E-state index contributed by atoms with van der Waals surface area (Å²) in [6, 6.07) is 17.6. The topological polar surface area (TPSA) is 33.5 Å². The molecule has 0 bridgehead atoms. The molecular formula is C20H21NO2S. The van der Waals surface area contributed by atoms with Crippen molar-refractivity contribution < 1.29 is 9.21 Å². The summed E-state index contributed by atoms with van der Waals surface area (Å²) < 4.78 is 5.89. The largest absolute Gasteiger partial charge is 0.459 e. The molecule has 0 aliphatic rings. The third kappa shape index (κ3) is 3.34. The third-order valence-electron chi connectivity index (χ3n) is 4.27. The molecule has 3 nitrogen and oxygen atoms in total. The minimum Gasteiger partial charge on any atom is -0.459 e. The van der Waals surface area contributed by atoms with Gasteiger partial charge in [-0.05, 0) is 43.0 Å². The molecule has 4 heteroatoms. The fourth-order valence-corrected chi connectivity index (χ4v) is 3.21. The summed E-state index contributed by atoms with van der Waals surface area (Å²) in [5.74, 6) is 1.75. The van der Waals surface area contributed by atoms with E-state index >= 15 is 0 Å². The Morgan fingerprint density at radius 2 is 1.88 bits per heavy atom. The molecule has 0 radical (unpaired) electrons. The first-order chi connectivity index (χ1) is 11.6. The molecule has 0 aliphatic heterocycles. The number of para-hydroxylation sites is 1. The minimum absolute atomic E-state index is 0.00124. The summed E-state index contributed by atoms with van der Waals surface area (Å²) in [6.45, 7) is 1.98. The lowest BCUT2D eigenvalue weighted by Gasteiger charge is -2.23. The van der Waals surface area contributed by atoms with E-state index in [1.807, 2.05) is 68.6 Å². The minimum atomic E-state index is -0.129. The number of hydrogen-bond acceptors (Lipinski definition) is 3. The SMILES string of the molecule is CSCc1ccc(C(=O)N(C)C(C)c2cc3ccccc3o2)cc1. The summed E-state index contributed by atoms with van der Waals surface area (Å²) in [7, 11) is 1.82. The van der Waals surface area contributed by atoms with Crippen LogP contribution < -0.4 is 0 Å². The molecule has 1 heterocycles. The van der Waals surface area contributed by atoms with Gasteiger partial charge in [0, 0.05) is 23.8 Å². The average molecular weight is 339 g/mol. The van der Waals surface area contributed by atoms with Crippen LogP contribution in [0.4, 0.5) is 0 Å². The smallest absolute Gasteiger partial charge is 0.254 e. The molecule has 3 rings (SSSR count). The van der Waals surface area contributed by atoms with E-state index in [9.17, 15) is 4.79 Å². The Bertz CT molecular complexity index is 805. The molecule has 0 spiro atoms. The maximum atomic E-state index is 12.7. The second-order valence-electron chi connectivity index (χ2n) is 5.91. The highest BCUT2D eigenvalue weighted by Crippen LogP contribution is 2.27. The van der Waals surface area contributed by atoms with Crippen molar-refractivity contribution in [1.82, 2.24) is 4.90 Å². The van der Waals surface area contributed by atoms with Crippen LogP contribution in [0.15, 0.2) is 59.0 Å². The fraction of sp³-hybridized carbons (Fsp3) is 0.250. The average Bonchev–Trinajstić information content (AvgIpc) is 3.05. The molecule has 2 aromatic carbocycles. The maximum absolute atomic E-state index is 12.7. The molecule has 1 amide bonds. The first-order valence-corrected chi connectivity index (χ1v) is 9.33. The predicted molar refractivity (Wildman–Crippen MR) is 100 cm³/mol. The summed E-state index contributed by atoms with van der Waals surface area (Å²) >= 11 is 1.77. The summed E-state index contributed by atoms with van der Waals surface area (Å²) in [5.41, 5.74) is 2.78. The number of nitrogens with zero attached hydrogens (tertiary/aromatic N) is 1. The number of carbonyl (C=O) groups excluding carboxylic acids is 1. The van der Waals surface area contributed by atoms with E-state index in [2.05, 4.69) is 6.26 Å².